The fourth-order valence-corrected chi connectivity index (χ4v) is 3.35. The predicted molar refractivity (Wildman–Crippen MR) is 90.6 cm³/mol. The lowest BCUT2D eigenvalue weighted by atomic mass is 9.96. The molecular formula is C18H26N4O. The third kappa shape index (κ3) is 3.54. The Morgan fingerprint density at radius 2 is 1.96 bits per heavy atom. The Morgan fingerprint density at radius 1 is 1.17 bits per heavy atom. The van der Waals surface area contributed by atoms with Crippen LogP contribution in [0, 0.1) is 6.92 Å². The summed E-state index contributed by atoms with van der Waals surface area (Å²) in [6.07, 6.45) is 6.75. The first-order valence-corrected chi connectivity index (χ1v) is 8.77. The summed E-state index contributed by atoms with van der Waals surface area (Å²) in [5.41, 5.74) is 3.55. The van der Waals surface area contributed by atoms with Crippen molar-refractivity contribution in [2.45, 2.75) is 71.8 Å². The highest BCUT2D eigenvalue weighted by Gasteiger charge is 2.18. The minimum Gasteiger partial charge on any atom is -0.362 e. The van der Waals surface area contributed by atoms with E-state index in [1.807, 2.05) is 6.92 Å². The van der Waals surface area contributed by atoms with Crippen LogP contribution in [0.25, 0.3) is 0 Å². The Bertz CT molecular complexity index is 661. The highest BCUT2D eigenvalue weighted by molar-refractivity contribution is 5.48. The second-order valence-corrected chi connectivity index (χ2v) is 6.34. The van der Waals surface area contributed by atoms with E-state index < -0.39 is 0 Å². The van der Waals surface area contributed by atoms with Gasteiger partial charge in [-0.1, -0.05) is 19.0 Å². The maximum Gasteiger partial charge on any atom is 0.156 e. The molecule has 0 saturated carbocycles. The molecule has 3 rings (SSSR count). The molecule has 0 aliphatic heterocycles. The van der Waals surface area contributed by atoms with Gasteiger partial charge in [0.05, 0.1) is 12.2 Å². The second kappa shape index (κ2) is 7.11. The van der Waals surface area contributed by atoms with Crippen LogP contribution in [0.15, 0.2) is 10.6 Å². The first-order valence-electron chi connectivity index (χ1n) is 8.77. The Balaban J connectivity index is 1.72. The molecular weight excluding hydrogens is 288 g/mol. The lowest BCUT2D eigenvalue weighted by molar-refractivity contribution is 0.374. The molecule has 2 aromatic rings. The molecule has 2 aromatic heterocycles. The number of fused-ring (bicyclic) bond motifs is 1. The lowest BCUT2D eigenvalue weighted by Crippen LogP contribution is -2.13. The van der Waals surface area contributed by atoms with Crippen molar-refractivity contribution in [3.8, 4) is 0 Å². The van der Waals surface area contributed by atoms with E-state index in [1.165, 1.54) is 24.1 Å². The van der Waals surface area contributed by atoms with Crippen molar-refractivity contribution in [2.75, 3.05) is 5.32 Å². The third-order valence-corrected chi connectivity index (χ3v) is 4.71. The molecule has 0 spiro atoms. The number of anilines is 1. The molecule has 0 saturated heterocycles. The number of aromatic nitrogens is 3. The van der Waals surface area contributed by atoms with Crippen molar-refractivity contribution >= 4 is 5.82 Å². The van der Waals surface area contributed by atoms with Crippen molar-refractivity contribution in [1.29, 1.82) is 0 Å². The van der Waals surface area contributed by atoms with E-state index in [2.05, 4.69) is 40.4 Å². The molecule has 1 aliphatic rings. The van der Waals surface area contributed by atoms with E-state index in [0.717, 1.165) is 48.8 Å². The SMILES string of the molecule is CCC(CC)c1cc(CNc2nc(C)nc3c2CCCC3)on1. The Kier molecular flexibility index (Phi) is 4.94. The van der Waals surface area contributed by atoms with Gasteiger partial charge in [0, 0.05) is 23.2 Å². The summed E-state index contributed by atoms with van der Waals surface area (Å²) in [6, 6.07) is 2.07. The topological polar surface area (TPSA) is 63.8 Å². The molecule has 2 heterocycles. The molecule has 0 radical (unpaired) electrons. The minimum atomic E-state index is 0.488. The van der Waals surface area contributed by atoms with Crippen LogP contribution in [0.2, 0.25) is 0 Å². The van der Waals surface area contributed by atoms with Crippen LogP contribution >= 0.6 is 0 Å². The molecule has 0 fully saturated rings. The zero-order valence-corrected chi connectivity index (χ0v) is 14.4. The van der Waals surface area contributed by atoms with E-state index in [1.54, 1.807) is 0 Å². The first-order chi connectivity index (χ1) is 11.2. The van der Waals surface area contributed by atoms with Crippen LogP contribution in [-0.2, 0) is 19.4 Å². The van der Waals surface area contributed by atoms with Crippen molar-refractivity contribution in [3.05, 3.63) is 34.6 Å². The predicted octanol–water partition coefficient (Wildman–Crippen LogP) is 4.17. The quantitative estimate of drug-likeness (QED) is 0.867. The highest BCUT2D eigenvalue weighted by atomic mass is 16.5. The molecule has 0 bridgehead atoms. The Labute approximate surface area is 137 Å². The van der Waals surface area contributed by atoms with Gasteiger partial charge in [-0.25, -0.2) is 9.97 Å². The number of hydrogen-bond donors (Lipinski definition) is 1. The average Bonchev–Trinajstić information content (AvgIpc) is 3.02. The summed E-state index contributed by atoms with van der Waals surface area (Å²) in [7, 11) is 0. The van der Waals surface area contributed by atoms with Crippen molar-refractivity contribution in [3.63, 3.8) is 0 Å². The van der Waals surface area contributed by atoms with Gasteiger partial charge in [-0.05, 0) is 45.4 Å². The summed E-state index contributed by atoms with van der Waals surface area (Å²) in [6.45, 7) is 6.96. The van der Waals surface area contributed by atoms with Crippen LogP contribution in [0.3, 0.4) is 0 Å². The molecule has 0 atom stereocenters. The summed E-state index contributed by atoms with van der Waals surface area (Å²) in [5.74, 6) is 3.16. The van der Waals surface area contributed by atoms with Gasteiger partial charge in [-0.15, -0.1) is 0 Å². The van der Waals surface area contributed by atoms with E-state index in [-0.39, 0.29) is 0 Å². The summed E-state index contributed by atoms with van der Waals surface area (Å²) >= 11 is 0. The van der Waals surface area contributed by atoms with Gasteiger partial charge in [0.15, 0.2) is 5.76 Å². The van der Waals surface area contributed by atoms with Gasteiger partial charge in [-0.2, -0.15) is 0 Å². The number of aryl methyl sites for hydroxylation is 2. The zero-order valence-electron chi connectivity index (χ0n) is 14.4. The summed E-state index contributed by atoms with van der Waals surface area (Å²) in [4.78, 5) is 9.18. The molecule has 5 heteroatoms. The molecule has 124 valence electrons. The van der Waals surface area contributed by atoms with Gasteiger partial charge in [0.25, 0.3) is 0 Å². The maximum atomic E-state index is 5.49. The minimum absolute atomic E-state index is 0.488. The van der Waals surface area contributed by atoms with Crippen LogP contribution in [0.5, 0.6) is 0 Å². The molecule has 0 amide bonds. The number of hydrogen-bond acceptors (Lipinski definition) is 5. The lowest BCUT2D eigenvalue weighted by Gasteiger charge is -2.18. The zero-order chi connectivity index (χ0) is 16.2. The standard InChI is InChI=1S/C18H26N4O/c1-4-13(5-2)17-10-14(23-22-17)11-19-18-15-8-6-7-9-16(15)20-12(3)21-18/h10,13H,4-9,11H2,1-3H3,(H,19,20,21). The van der Waals surface area contributed by atoms with E-state index in [0.29, 0.717) is 12.5 Å². The van der Waals surface area contributed by atoms with E-state index in [9.17, 15) is 0 Å². The fourth-order valence-electron chi connectivity index (χ4n) is 3.35. The normalized spacial score (nSPS) is 14.1. The monoisotopic (exact) mass is 314 g/mol. The van der Waals surface area contributed by atoms with E-state index >= 15 is 0 Å². The maximum absolute atomic E-state index is 5.49. The number of nitrogens with one attached hydrogen (secondary N) is 1. The third-order valence-electron chi connectivity index (χ3n) is 4.71. The number of rotatable bonds is 6. The molecule has 0 unspecified atom stereocenters. The van der Waals surface area contributed by atoms with Crippen LogP contribution in [0.4, 0.5) is 5.82 Å². The average molecular weight is 314 g/mol. The molecule has 1 N–H and O–H groups in total. The van der Waals surface area contributed by atoms with E-state index in [4.69, 9.17) is 4.52 Å². The van der Waals surface area contributed by atoms with Crippen LogP contribution in [-0.4, -0.2) is 15.1 Å². The van der Waals surface area contributed by atoms with Gasteiger partial charge < -0.3 is 9.84 Å². The fraction of sp³-hybridized carbons (Fsp3) is 0.611. The Hall–Kier alpha value is -1.91. The van der Waals surface area contributed by atoms with Crippen molar-refractivity contribution in [1.82, 2.24) is 15.1 Å². The van der Waals surface area contributed by atoms with Crippen LogP contribution in [0.1, 0.15) is 74.0 Å². The van der Waals surface area contributed by atoms with Crippen molar-refractivity contribution < 1.29 is 4.52 Å². The number of nitrogens with zero attached hydrogens (tertiary/aromatic N) is 3. The summed E-state index contributed by atoms with van der Waals surface area (Å²) < 4.78 is 5.49. The molecule has 1 aliphatic carbocycles. The summed E-state index contributed by atoms with van der Waals surface area (Å²) in [5, 5.41) is 7.66. The first kappa shape index (κ1) is 16.0. The highest BCUT2D eigenvalue weighted by Crippen LogP contribution is 2.26. The largest absolute Gasteiger partial charge is 0.362 e. The molecule has 0 aromatic carbocycles. The smallest absolute Gasteiger partial charge is 0.156 e. The van der Waals surface area contributed by atoms with Gasteiger partial charge in [0.2, 0.25) is 0 Å². The Morgan fingerprint density at radius 3 is 2.74 bits per heavy atom. The van der Waals surface area contributed by atoms with Crippen LogP contribution < -0.4 is 5.32 Å². The van der Waals surface area contributed by atoms with Crippen molar-refractivity contribution in [2.24, 2.45) is 0 Å². The molecule has 5 nitrogen and oxygen atoms in total. The second-order valence-electron chi connectivity index (χ2n) is 6.34. The van der Waals surface area contributed by atoms with Gasteiger partial charge in [-0.3, -0.25) is 0 Å². The molecule has 23 heavy (non-hydrogen) atoms. The van der Waals surface area contributed by atoms with Gasteiger partial charge >= 0.3 is 0 Å². The van der Waals surface area contributed by atoms with Gasteiger partial charge in [0.1, 0.15) is 11.6 Å².